The van der Waals surface area contributed by atoms with E-state index >= 15 is 0 Å². The Morgan fingerprint density at radius 3 is 2.67 bits per heavy atom. The molecule has 18 heavy (non-hydrogen) atoms. The SMILES string of the molecule is CCCCNC1C2C3CC4C5CC(C42)C1(C)C53.Cl. The summed E-state index contributed by atoms with van der Waals surface area (Å²) in [7, 11) is 0. The van der Waals surface area contributed by atoms with E-state index in [1.807, 2.05) is 0 Å². The molecule has 0 aliphatic heterocycles. The van der Waals surface area contributed by atoms with Crippen molar-refractivity contribution in [2.75, 3.05) is 6.54 Å². The van der Waals surface area contributed by atoms with Crippen LogP contribution in [-0.2, 0) is 0 Å². The van der Waals surface area contributed by atoms with Crippen LogP contribution in [0.1, 0.15) is 39.5 Å². The number of unbranched alkanes of at least 4 members (excludes halogenated alkanes) is 1. The summed E-state index contributed by atoms with van der Waals surface area (Å²) in [6, 6.07) is 0.913. The third kappa shape index (κ3) is 0.945. The highest BCUT2D eigenvalue weighted by Gasteiger charge is 2.84. The summed E-state index contributed by atoms with van der Waals surface area (Å²) >= 11 is 0. The molecule has 9 atom stereocenters. The summed E-state index contributed by atoms with van der Waals surface area (Å²) in [5.41, 5.74) is 0.728. The molecular weight excluding hydrogens is 242 g/mol. The Bertz CT molecular complexity index is 383. The van der Waals surface area contributed by atoms with Crippen molar-refractivity contribution in [2.45, 2.75) is 45.6 Å². The second-order valence-corrected chi connectivity index (χ2v) is 7.90. The van der Waals surface area contributed by atoms with Gasteiger partial charge in [-0.3, -0.25) is 0 Å². The van der Waals surface area contributed by atoms with Gasteiger partial charge in [0.25, 0.3) is 0 Å². The van der Waals surface area contributed by atoms with Gasteiger partial charge in [-0.2, -0.15) is 0 Å². The van der Waals surface area contributed by atoms with E-state index in [0.717, 1.165) is 35.1 Å². The minimum atomic E-state index is 0. The second-order valence-electron chi connectivity index (χ2n) is 7.90. The lowest BCUT2D eigenvalue weighted by atomic mass is 9.64. The van der Waals surface area contributed by atoms with E-state index < -0.39 is 0 Å². The molecule has 102 valence electrons. The van der Waals surface area contributed by atoms with Crippen molar-refractivity contribution in [3.63, 3.8) is 0 Å². The molecule has 9 unspecified atom stereocenters. The van der Waals surface area contributed by atoms with Gasteiger partial charge in [-0.15, -0.1) is 12.4 Å². The first-order valence-corrected chi connectivity index (χ1v) is 8.02. The highest BCUT2D eigenvalue weighted by Crippen LogP contribution is 2.86. The first-order valence-electron chi connectivity index (χ1n) is 8.02. The van der Waals surface area contributed by atoms with Gasteiger partial charge in [0, 0.05) is 6.04 Å². The van der Waals surface area contributed by atoms with Gasteiger partial charge >= 0.3 is 0 Å². The lowest BCUT2D eigenvalue weighted by Crippen LogP contribution is -2.43. The fourth-order valence-corrected chi connectivity index (χ4v) is 7.92. The minimum Gasteiger partial charge on any atom is -0.313 e. The van der Waals surface area contributed by atoms with Crippen LogP contribution in [0.2, 0.25) is 0 Å². The molecule has 0 heterocycles. The first-order chi connectivity index (χ1) is 8.28. The van der Waals surface area contributed by atoms with Crippen molar-refractivity contribution >= 4 is 12.4 Å². The lowest BCUT2D eigenvalue weighted by molar-refractivity contribution is 0.0653. The van der Waals surface area contributed by atoms with E-state index in [2.05, 4.69) is 19.2 Å². The van der Waals surface area contributed by atoms with Crippen LogP contribution in [0.25, 0.3) is 0 Å². The summed E-state index contributed by atoms with van der Waals surface area (Å²) in [6.45, 7) is 6.26. The normalized spacial score (nSPS) is 64.3. The molecule has 2 heteroatoms. The van der Waals surface area contributed by atoms with Crippen LogP contribution in [0.15, 0.2) is 0 Å². The molecule has 0 aromatic heterocycles. The van der Waals surface area contributed by atoms with E-state index in [4.69, 9.17) is 0 Å². The van der Waals surface area contributed by atoms with Crippen molar-refractivity contribution < 1.29 is 0 Å². The molecule has 0 spiro atoms. The predicted octanol–water partition coefficient (Wildman–Crippen LogP) is 3.33. The van der Waals surface area contributed by atoms with Crippen LogP contribution in [0.5, 0.6) is 0 Å². The topological polar surface area (TPSA) is 12.0 Å². The molecule has 6 fully saturated rings. The summed E-state index contributed by atoms with van der Waals surface area (Å²) in [5, 5.41) is 4.00. The van der Waals surface area contributed by atoms with E-state index in [1.165, 1.54) is 37.1 Å². The Balaban J connectivity index is 0.000000882. The zero-order chi connectivity index (χ0) is 11.4. The average Bonchev–Trinajstić information content (AvgIpc) is 2.97. The second kappa shape index (κ2) is 3.47. The molecule has 6 rings (SSSR count). The molecule has 0 radical (unpaired) electrons. The number of rotatable bonds is 4. The molecule has 0 saturated heterocycles. The van der Waals surface area contributed by atoms with E-state index in [1.54, 1.807) is 12.8 Å². The maximum Gasteiger partial charge on any atom is 0.0160 e. The molecule has 6 aliphatic rings. The van der Waals surface area contributed by atoms with Gasteiger partial charge in [-0.25, -0.2) is 0 Å². The molecule has 6 saturated carbocycles. The van der Waals surface area contributed by atoms with Crippen LogP contribution >= 0.6 is 12.4 Å². The van der Waals surface area contributed by atoms with Gasteiger partial charge in [-0.1, -0.05) is 20.3 Å². The first kappa shape index (κ1) is 12.0. The van der Waals surface area contributed by atoms with Crippen LogP contribution in [0.4, 0.5) is 0 Å². The molecule has 1 N–H and O–H groups in total. The zero-order valence-corrected chi connectivity index (χ0v) is 12.4. The van der Waals surface area contributed by atoms with E-state index in [0.29, 0.717) is 0 Å². The number of halogens is 1. The molecule has 0 aromatic rings. The summed E-state index contributed by atoms with van der Waals surface area (Å²) in [4.78, 5) is 0. The molecular formula is C16H26ClN. The van der Waals surface area contributed by atoms with Crippen molar-refractivity contribution in [3.05, 3.63) is 0 Å². The van der Waals surface area contributed by atoms with Crippen LogP contribution in [0.3, 0.4) is 0 Å². The standard InChI is InChI=1S/C16H25N.ClH/c1-3-4-5-17-15-13-10-6-8-9-7-11(12(8)13)16(15,2)14(9)10;/h8-15,17H,3-7H2,1-2H3;1H. The molecule has 6 aliphatic carbocycles. The molecule has 0 aromatic carbocycles. The summed E-state index contributed by atoms with van der Waals surface area (Å²) < 4.78 is 0. The molecule has 0 amide bonds. The maximum absolute atomic E-state index is 4.00. The fourth-order valence-electron chi connectivity index (χ4n) is 7.92. The van der Waals surface area contributed by atoms with Crippen LogP contribution in [-0.4, -0.2) is 12.6 Å². The zero-order valence-electron chi connectivity index (χ0n) is 11.6. The van der Waals surface area contributed by atoms with E-state index in [-0.39, 0.29) is 12.4 Å². The van der Waals surface area contributed by atoms with Crippen LogP contribution in [0, 0.1) is 46.8 Å². The van der Waals surface area contributed by atoms with Gasteiger partial charge in [-0.05, 0) is 72.6 Å². The third-order valence-corrected chi connectivity index (χ3v) is 7.91. The highest BCUT2D eigenvalue weighted by atomic mass is 35.5. The van der Waals surface area contributed by atoms with Crippen molar-refractivity contribution in [3.8, 4) is 0 Å². The third-order valence-electron chi connectivity index (χ3n) is 7.91. The Hall–Kier alpha value is 0.250. The fraction of sp³-hybridized carbons (Fsp3) is 1.00. The van der Waals surface area contributed by atoms with Gasteiger partial charge in [0.1, 0.15) is 0 Å². The quantitative estimate of drug-likeness (QED) is 0.771. The Labute approximate surface area is 117 Å². The largest absolute Gasteiger partial charge is 0.313 e. The average molecular weight is 268 g/mol. The number of hydrogen-bond donors (Lipinski definition) is 1. The Morgan fingerprint density at radius 2 is 1.94 bits per heavy atom. The van der Waals surface area contributed by atoms with Gasteiger partial charge < -0.3 is 5.32 Å². The minimum absolute atomic E-state index is 0. The number of nitrogens with one attached hydrogen (secondary N) is 1. The van der Waals surface area contributed by atoms with Gasteiger partial charge in [0.2, 0.25) is 0 Å². The molecule has 1 nitrogen and oxygen atoms in total. The lowest BCUT2D eigenvalue weighted by Gasteiger charge is -2.40. The van der Waals surface area contributed by atoms with Gasteiger partial charge in [0.15, 0.2) is 0 Å². The summed E-state index contributed by atoms with van der Waals surface area (Å²) in [6.07, 6.45) is 5.96. The van der Waals surface area contributed by atoms with Crippen molar-refractivity contribution in [1.29, 1.82) is 0 Å². The Kier molecular flexibility index (Phi) is 2.32. The highest BCUT2D eigenvalue weighted by molar-refractivity contribution is 5.85. The predicted molar refractivity (Wildman–Crippen MR) is 75.7 cm³/mol. The maximum atomic E-state index is 4.00. The molecule has 6 bridgehead atoms. The van der Waals surface area contributed by atoms with Crippen molar-refractivity contribution in [1.82, 2.24) is 5.32 Å². The monoisotopic (exact) mass is 267 g/mol. The smallest absolute Gasteiger partial charge is 0.0160 e. The van der Waals surface area contributed by atoms with E-state index in [9.17, 15) is 0 Å². The van der Waals surface area contributed by atoms with Gasteiger partial charge in [0.05, 0.1) is 0 Å². The Morgan fingerprint density at radius 1 is 1.11 bits per heavy atom. The number of hydrogen-bond acceptors (Lipinski definition) is 1. The van der Waals surface area contributed by atoms with Crippen molar-refractivity contribution in [2.24, 2.45) is 46.8 Å². The summed E-state index contributed by atoms with van der Waals surface area (Å²) in [5.74, 6) is 8.06. The van der Waals surface area contributed by atoms with Crippen LogP contribution < -0.4 is 5.32 Å².